The second-order valence-electron chi connectivity index (χ2n) is 9.50. The highest BCUT2D eigenvalue weighted by Gasteiger charge is 2.56. The number of amides is 2. The number of ether oxygens (including phenoxy) is 1. The molecule has 4 aliphatic carbocycles. The minimum absolute atomic E-state index is 0.00184. The minimum atomic E-state index is -0.993. The molecule has 2 N–H and O–H groups in total. The highest BCUT2D eigenvalue weighted by molar-refractivity contribution is 6.30. The number of halogens is 2. The summed E-state index contributed by atoms with van der Waals surface area (Å²) in [7, 11) is 0. The van der Waals surface area contributed by atoms with Gasteiger partial charge in [-0.05, 0) is 88.0 Å². The van der Waals surface area contributed by atoms with Gasteiger partial charge in [0.1, 0.15) is 11.6 Å². The van der Waals surface area contributed by atoms with E-state index in [0.717, 1.165) is 32.1 Å². The third-order valence-corrected chi connectivity index (χ3v) is 7.33. The smallest absolute Gasteiger partial charge is 0.263 e. The van der Waals surface area contributed by atoms with Gasteiger partial charge >= 0.3 is 0 Å². The molecule has 0 aromatic heterocycles. The SMILES string of the molecule is CC(C)(Oc1ccc(Cl)cc1)C(=O)NC1[C@@H]2CC3C[C@H]1CC(NC(=O)CCl)(C3)C2. The lowest BCUT2D eigenvalue weighted by atomic mass is 9.51. The molecule has 0 aliphatic heterocycles. The van der Waals surface area contributed by atoms with E-state index in [4.69, 9.17) is 27.9 Å². The zero-order chi connectivity index (χ0) is 20.8. The summed E-state index contributed by atoms with van der Waals surface area (Å²) < 4.78 is 5.96. The topological polar surface area (TPSA) is 67.4 Å². The van der Waals surface area contributed by atoms with Crippen LogP contribution >= 0.6 is 23.2 Å². The van der Waals surface area contributed by atoms with E-state index >= 15 is 0 Å². The molecule has 0 saturated heterocycles. The third kappa shape index (κ3) is 4.22. The Balaban J connectivity index is 1.43. The Labute approximate surface area is 181 Å². The Kier molecular flexibility index (Phi) is 5.49. The van der Waals surface area contributed by atoms with Crippen molar-refractivity contribution in [2.45, 2.75) is 63.1 Å². The fourth-order valence-corrected chi connectivity index (χ4v) is 6.10. The molecule has 4 bridgehead atoms. The lowest BCUT2D eigenvalue weighted by molar-refractivity contribution is -0.140. The highest BCUT2D eigenvalue weighted by Crippen LogP contribution is 2.55. The Morgan fingerprint density at radius 3 is 2.34 bits per heavy atom. The molecular weight excluding hydrogens is 411 g/mol. The predicted molar refractivity (Wildman–Crippen MR) is 113 cm³/mol. The zero-order valence-electron chi connectivity index (χ0n) is 16.8. The van der Waals surface area contributed by atoms with Gasteiger partial charge in [-0.1, -0.05) is 11.6 Å². The minimum Gasteiger partial charge on any atom is -0.478 e. The number of hydrogen-bond acceptors (Lipinski definition) is 3. The molecule has 0 spiro atoms. The molecule has 5 atom stereocenters. The van der Waals surface area contributed by atoms with E-state index in [1.54, 1.807) is 38.1 Å². The van der Waals surface area contributed by atoms with Crippen molar-refractivity contribution in [3.8, 4) is 5.75 Å². The molecule has 0 heterocycles. The van der Waals surface area contributed by atoms with E-state index in [-0.39, 0.29) is 29.3 Å². The summed E-state index contributed by atoms with van der Waals surface area (Å²) in [6.45, 7) is 3.57. The van der Waals surface area contributed by atoms with Gasteiger partial charge in [0.15, 0.2) is 5.60 Å². The van der Waals surface area contributed by atoms with Crippen molar-refractivity contribution in [2.24, 2.45) is 17.8 Å². The number of nitrogens with one attached hydrogen (secondary N) is 2. The standard InChI is InChI=1S/C22H28Cl2N2O3/c1-21(2,29-17-5-3-16(24)4-6-17)20(28)25-19-14-7-13-8-15(19)11-22(9-13,10-14)26-18(27)12-23/h3-6,13-15,19H,7-12H2,1-2H3,(H,25,28)(H,26,27)/t13?,14-,15+,19?,22?. The molecular formula is C22H28Cl2N2O3. The molecule has 0 radical (unpaired) electrons. The van der Waals surface area contributed by atoms with Crippen LogP contribution in [0.4, 0.5) is 0 Å². The van der Waals surface area contributed by atoms with Gasteiger partial charge in [0, 0.05) is 16.6 Å². The molecule has 1 aromatic rings. The van der Waals surface area contributed by atoms with E-state index in [0.29, 0.717) is 28.5 Å². The molecule has 29 heavy (non-hydrogen) atoms. The van der Waals surface area contributed by atoms with E-state index < -0.39 is 5.60 Å². The average Bonchev–Trinajstić information content (AvgIpc) is 2.65. The maximum atomic E-state index is 13.1. The molecule has 5 rings (SSSR count). The van der Waals surface area contributed by atoms with Crippen molar-refractivity contribution in [2.75, 3.05) is 5.88 Å². The van der Waals surface area contributed by atoms with Crippen LogP contribution in [0.5, 0.6) is 5.75 Å². The monoisotopic (exact) mass is 438 g/mol. The van der Waals surface area contributed by atoms with Crippen molar-refractivity contribution in [3.63, 3.8) is 0 Å². The van der Waals surface area contributed by atoms with Gasteiger partial charge < -0.3 is 15.4 Å². The van der Waals surface area contributed by atoms with Crippen LogP contribution in [-0.4, -0.2) is 34.9 Å². The summed E-state index contributed by atoms with van der Waals surface area (Å²) in [5, 5.41) is 7.11. The molecule has 4 aliphatic rings. The van der Waals surface area contributed by atoms with Crippen LogP contribution in [0.1, 0.15) is 46.0 Å². The molecule has 5 nitrogen and oxygen atoms in total. The normalized spacial score (nSPS) is 32.7. The zero-order valence-corrected chi connectivity index (χ0v) is 18.4. The maximum Gasteiger partial charge on any atom is 0.263 e. The largest absolute Gasteiger partial charge is 0.478 e. The molecule has 4 saturated carbocycles. The molecule has 1 aromatic carbocycles. The summed E-state index contributed by atoms with van der Waals surface area (Å²) >= 11 is 11.7. The average molecular weight is 439 g/mol. The number of hydrogen-bond donors (Lipinski definition) is 2. The quantitative estimate of drug-likeness (QED) is 0.661. The summed E-state index contributed by atoms with van der Waals surface area (Å²) in [6, 6.07) is 7.16. The Morgan fingerprint density at radius 2 is 1.76 bits per heavy atom. The van der Waals surface area contributed by atoms with Gasteiger partial charge in [-0.3, -0.25) is 9.59 Å². The van der Waals surface area contributed by atoms with Gasteiger partial charge in [-0.15, -0.1) is 11.6 Å². The number of benzene rings is 1. The van der Waals surface area contributed by atoms with E-state index in [1.165, 1.54) is 0 Å². The lowest BCUT2D eigenvalue weighted by Gasteiger charge is -2.60. The van der Waals surface area contributed by atoms with Crippen LogP contribution in [0.3, 0.4) is 0 Å². The molecule has 158 valence electrons. The number of alkyl halides is 1. The third-order valence-electron chi connectivity index (χ3n) is 6.83. The Hall–Kier alpha value is -1.46. The summed E-state index contributed by atoms with van der Waals surface area (Å²) in [4.78, 5) is 25.0. The van der Waals surface area contributed by atoms with E-state index in [9.17, 15) is 9.59 Å². The second-order valence-corrected chi connectivity index (χ2v) is 10.2. The Morgan fingerprint density at radius 1 is 1.14 bits per heavy atom. The first-order valence-corrected chi connectivity index (χ1v) is 11.2. The van der Waals surface area contributed by atoms with Gasteiger partial charge in [0.05, 0.1) is 0 Å². The van der Waals surface area contributed by atoms with E-state index in [2.05, 4.69) is 10.6 Å². The van der Waals surface area contributed by atoms with Crippen LogP contribution in [0, 0.1) is 17.8 Å². The molecule has 4 fully saturated rings. The lowest BCUT2D eigenvalue weighted by Crippen LogP contribution is -2.67. The van der Waals surface area contributed by atoms with E-state index in [1.807, 2.05) is 0 Å². The summed E-state index contributed by atoms with van der Waals surface area (Å²) in [5.74, 6) is 1.80. The second kappa shape index (κ2) is 7.66. The fourth-order valence-electron chi connectivity index (χ4n) is 5.91. The first-order valence-electron chi connectivity index (χ1n) is 10.3. The molecule has 2 amide bonds. The van der Waals surface area contributed by atoms with Crippen LogP contribution in [0.15, 0.2) is 24.3 Å². The van der Waals surface area contributed by atoms with Crippen molar-refractivity contribution >= 4 is 35.0 Å². The molecule has 3 unspecified atom stereocenters. The van der Waals surface area contributed by atoms with Gasteiger partial charge in [0.25, 0.3) is 5.91 Å². The highest BCUT2D eigenvalue weighted by atomic mass is 35.5. The van der Waals surface area contributed by atoms with Crippen LogP contribution in [0.2, 0.25) is 5.02 Å². The van der Waals surface area contributed by atoms with Crippen molar-refractivity contribution in [1.82, 2.24) is 10.6 Å². The maximum absolute atomic E-state index is 13.1. The van der Waals surface area contributed by atoms with Crippen molar-refractivity contribution < 1.29 is 14.3 Å². The Bertz CT molecular complexity index is 780. The molecule has 7 heteroatoms. The first kappa shape index (κ1) is 20.8. The summed E-state index contributed by atoms with van der Waals surface area (Å²) in [5.41, 5.74) is -1.13. The van der Waals surface area contributed by atoms with Crippen LogP contribution in [0.25, 0.3) is 0 Å². The van der Waals surface area contributed by atoms with Gasteiger partial charge in [0.2, 0.25) is 5.91 Å². The van der Waals surface area contributed by atoms with Crippen LogP contribution in [-0.2, 0) is 9.59 Å². The van der Waals surface area contributed by atoms with Crippen LogP contribution < -0.4 is 15.4 Å². The number of carbonyl (C=O) groups excluding carboxylic acids is 2. The van der Waals surface area contributed by atoms with Crippen molar-refractivity contribution in [3.05, 3.63) is 29.3 Å². The van der Waals surface area contributed by atoms with Crippen molar-refractivity contribution in [1.29, 1.82) is 0 Å². The van der Waals surface area contributed by atoms with Gasteiger partial charge in [-0.25, -0.2) is 0 Å². The number of rotatable bonds is 6. The van der Waals surface area contributed by atoms with Gasteiger partial charge in [-0.2, -0.15) is 0 Å². The first-order chi connectivity index (χ1) is 13.7. The summed E-state index contributed by atoms with van der Waals surface area (Å²) in [6.07, 6.45) is 5.07. The number of carbonyl (C=O) groups is 2. The fraction of sp³-hybridized carbons (Fsp3) is 0.636. The predicted octanol–water partition coefficient (Wildman–Crippen LogP) is 3.92.